The summed E-state index contributed by atoms with van der Waals surface area (Å²) in [6.07, 6.45) is 0.285. The molecule has 84 valence electrons. The smallest absolute Gasteiger partial charge is 0.0563 e. The SMILES string of the molecule is CC(C)OCCSc1ccc(Cl)cc1N. The molecule has 0 spiro atoms. The van der Waals surface area contributed by atoms with Crippen LogP contribution in [0.5, 0.6) is 0 Å². The molecule has 1 aromatic carbocycles. The highest BCUT2D eigenvalue weighted by Gasteiger charge is 2.01. The van der Waals surface area contributed by atoms with Gasteiger partial charge in [0.1, 0.15) is 0 Å². The molecule has 0 atom stereocenters. The molecule has 1 rings (SSSR count). The van der Waals surface area contributed by atoms with E-state index in [9.17, 15) is 0 Å². The molecule has 0 bridgehead atoms. The maximum atomic E-state index is 5.82. The molecule has 4 heteroatoms. The minimum atomic E-state index is 0.285. The number of hydrogen-bond acceptors (Lipinski definition) is 3. The zero-order valence-electron chi connectivity index (χ0n) is 9.00. The van der Waals surface area contributed by atoms with Gasteiger partial charge in [-0.05, 0) is 32.0 Å². The Morgan fingerprint density at radius 3 is 2.80 bits per heavy atom. The number of thioether (sulfide) groups is 1. The van der Waals surface area contributed by atoms with Gasteiger partial charge in [0.25, 0.3) is 0 Å². The third-order valence-electron chi connectivity index (χ3n) is 1.76. The molecule has 0 aromatic heterocycles. The zero-order chi connectivity index (χ0) is 11.3. The first-order valence-corrected chi connectivity index (χ1v) is 6.25. The van der Waals surface area contributed by atoms with Crippen LogP contribution in [0, 0.1) is 0 Å². The van der Waals surface area contributed by atoms with Gasteiger partial charge in [-0.2, -0.15) is 0 Å². The Morgan fingerprint density at radius 1 is 1.47 bits per heavy atom. The van der Waals surface area contributed by atoms with E-state index in [4.69, 9.17) is 22.1 Å². The molecule has 0 saturated heterocycles. The van der Waals surface area contributed by atoms with Crippen LogP contribution in [-0.4, -0.2) is 18.5 Å². The maximum absolute atomic E-state index is 5.82. The molecule has 15 heavy (non-hydrogen) atoms. The van der Waals surface area contributed by atoms with Crippen molar-refractivity contribution in [1.82, 2.24) is 0 Å². The lowest BCUT2D eigenvalue weighted by atomic mass is 10.3. The van der Waals surface area contributed by atoms with E-state index in [2.05, 4.69) is 0 Å². The van der Waals surface area contributed by atoms with E-state index in [-0.39, 0.29) is 6.10 Å². The summed E-state index contributed by atoms with van der Waals surface area (Å²) >= 11 is 7.49. The number of hydrogen-bond donors (Lipinski definition) is 1. The largest absolute Gasteiger partial charge is 0.398 e. The van der Waals surface area contributed by atoms with E-state index in [0.717, 1.165) is 22.9 Å². The second kappa shape index (κ2) is 6.26. The second-order valence-corrected chi connectivity index (χ2v) is 5.02. The minimum absolute atomic E-state index is 0.285. The lowest BCUT2D eigenvalue weighted by Crippen LogP contribution is -2.05. The van der Waals surface area contributed by atoms with E-state index < -0.39 is 0 Å². The van der Waals surface area contributed by atoms with E-state index in [1.165, 1.54) is 0 Å². The lowest BCUT2D eigenvalue weighted by Gasteiger charge is -2.08. The molecule has 0 aliphatic carbocycles. The van der Waals surface area contributed by atoms with Crippen molar-refractivity contribution < 1.29 is 4.74 Å². The third kappa shape index (κ3) is 4.78. The topological polar surface area (TPSA) is 35.2 Å². The van der Waals surface area contributed by atoms with Crippen molar-refractivity contribution in [2.24, 2.45) is 0 Å². The summed E-state index contributed by atoms with van der Waals surface area (Å²) in [6.45, 7) is 4.80. The van der Waals surface area contributed by atoms with Crippen molar-refractivity contribution >= 4 is 29.1 Å². The second-order valence-electron chi connectivity index (χ2n) is 3.45. The van der Waals surface area contributed by atoms with Crippen LogP contribution in [0.1, 0.15) is 13.8 Å². The van der Waals surface area contributed by atoms with Gasteiger partial charge < -0.3 is 10.5 Å². The Kier molecular flexibility index (Phi) is 5.29. The molecule has 0 aliphatic heterocycles. The predicted molar refractivity (Wildman–Crippen MR) is 67.7 cm³/mol. The normalized spacial score (nSPS) is 10.9. The van der Waals surface area contributed by atoms with E-state index in [1.54, 1.807) is 17.8 Å². The fraction of sp³-hybridized carbons (Fsp3) is 0.455. The highest BCUT2D eigenvalue weighted by atomic mass is 35.5. The van der Waals surface area contributed by atoms with Crippen molar-refractivity contribution in [2.75, 3.05) is 18.1 Å². The fourth-order valence-electron chi connectivity index (χ4n) is 1.09. The van der Waals surface area contributed by atoms with Crippen molar-refractivity contribution in [2.45, 2.75) is 24.8 Å². The molecule has 0 amide bonds. The van der Waals surface area contributed by atoms with Crippen molar-refractivity contribution in [3.63, 3.8) is 0 Å². The first kappa shape index (κ1) is 12.7. The highest BCUT2D eigenvalue weighted by Crippen LogP contribution is 2.27. The number of rotatable bonds is 5. The van der Waals surface area contributed by atoms with Gasteiger partial charge in [-0.15, -0.1) is 11.8 Å². The number of nitrogen functional groups attached to an aromatic ring is 1. The number of halogens is 1. The maximum Gasteiger partial charge on any atom is 0.0563 e. The molecule has 1 aromatic rings. The van der Waals surface area contributed by atoms with E-state index >= 15 is 0 Å². The van der Waals surface area contributed by atoms with E-state index in [1.807, 2.05) is 26.0 Å². The van der Waals surface area contributed by atoms with Crippen molar-refractivity contribution in [3.05, 3.63) is 23.2 Å². The molecule has 0 unspecified atom stereocenters. The summed E-state index contributed by atoms with van der Waals surface area (Å²) in [6, 6.07) is 5.56. The molecule has 0 radical (unpaired) electrons. The molecule has 0 aliphatic rings. The molecule has 2 N–H and O–H groups in total. The number of anilines is 1. The predicted octanol–water partition coefficient (Wildman–Crippen LogP) is 3.44. The van der Waals surface area contributed by atoms with Crippen LogP contribution in [0.4, 0.5) is 5.69 Å². The van der Waals surface area contributed by atoms with Crippen LogP contribution in [-0.2, 0) is 4.74 Å². The van der Waals surface area contributed by atoms with Crippen molar-refractivity contribution in [3.8, 4) is 0 Å². The van der Waals surface area contributed by atoms with E-state index in [0.29, 0.717) is 5.02 Å². The summed E-state index contributed by atoms with van der Waals surface area (Å²) in [7, 11) is 0. The summed E-state index contributed by atoms with van der Waals surface area (Å²) in [5, 5.41) is 0.676. The summed E-state index contributed by atoms with van der Waals surface area (Å²) in [4.78, 5) is 1.06. The molecular weight excluding hydrogens is 230 g/mol. The fourth-order valence-corrected chi connectivity index (χ4v) is 2.06. The van der Waals surface area contributed by atoms with Gasteiger partial charge >= 0.3 is 0 Å². The molecular formula is C11H16ClNOS. The van der Waals surface area contributed by atoms with Gasteiger partial charge in [0.05, 0.1) is 12.7 Å². The van der Waals surface area contributed by atoms with Crippen LogP contribution in [0.3, 0.4) is 0 Å². The summed E-state index contributed by atoms with van der Waals surface area (Å²) < 4.78 is 5.44. The van der Waals surface area contributed by atoms with Crippen LogP contribution in [0.25, 0.3) is 0 Å². The highest BCUT2D eigenvalue weighted by molar-refractivity contribution is 7.99. The Balaban J connectivity index is 2.37. The van der Waals surface area contributed by atoms with Crippen LogP contribution < -0.4 is 5.73 Å². The Labute approximate surface area is 100 Å². The van der Waals surface area contributed by atoms with Gasteiger partial charge in [-0.25, -0.2) is 0 Å². The molecule has 0 saturated carbocycles. The van der Waals surface area contributed by atoms with Gasteiger partial charge in [0.15, 0.2) is 0 Å². The molecule has 2 nitrogen and oxygen atoms in total. The summed E-state index contributed by atoms with van der Waals surface area (Å²) in [5.74, 6) is 0.907. The molecule has 0 heterocycles. The monoisotopic (exact) mass is 245 g/mol. The average Bonchev–Trinajstić information content (AvgIpc) is 2.14. The number of nitrogens with two attached hydrogens (primary N) is 1. The van der Waals surface area contributed by atoms with Gasteiger partial charge in [0.2, 0.25) is 0 Å². The Bertz CT molecular complexity index is 317. The van der Waals surface area contributed by atoms with Crippen LogP contribution in [0.15, 0.2) is 23.1 Å². The van der Waals surface area contributed by atoms with Gasteiger partial charge in [0, 0.05) is 21.4 Å². The standard InChI is InChI=1S/C11H16ClNOS/c1-8(2)14-5-6-15-11-4-3-9(12)7-10(11)13/h3-4,7-8H,5-6,13H2,1-2H3. The lowest BCUT2D eigenvalue weighted by molar-refractivity contribution is 0.0920. The number of ether oxygens (including phenoxy) is 1. The number of benzene rings is 1. The van der Waals surface area contributed by atoms with Crippen LogP contribution >= 0.6 is 23.4 Å². The summed E-state index contributed by atoms with van der Waals surface area (Å²) in [5.41, 5.74) is 6.55. The molecule has 0 fully saturated rings. The first-order chi connectivity index (χ1) is 7.09. The quantitative estimate of drug-likeness (QED) is 0.490. The van der Waals surface area contributed by atoms with Crippen LogP contribution in [0.2, 0.25) is 5.02 Å². The third-order valence-corrected chi connectivity index (χ3v) is 3.05. The first-order valence-electron chi connectivity index (χ1n) is 4.89. The minimum Gasteiger partial charge on any atom is -0.398 e. The average molecular weight is 246 g/mol. The Morgan fingerprint density at radius 2 is 2.20 bits per heavy atom. The van der Waals surface area contributed by atoms with Gasteiger partial charge in [-0.3, -0.25) is 0 Å². The Hall–Kier alpha value is -0.380. The van der Waals surface area contributed by atoms with Gasteiger partial charge in [-0.1, -0.05) is 11.6 Å². The zero-order valence-corrected chi connectivity index (χ0v) is 10.6. The van der Waals surface area contributed by atoms with Crippen molar-refractivity contribution in [1.29, 1.82) is 0 Å².